The first kappa shape index (κ1) is 14.7. The van der Waals surface area contributed by atoms with Gasteiger partial charge in [-0.15, -0.1) is 0 Å². The van der Waals surface area contributed by atoms with Crippen LogP contribution in [0, 0.1) is 6.92 Å². The van der Waals surface area contributed by atoms with E-state index in [4.69, 9.17) is 0 Å². The van der Waals surface area contributed by atoms with Crippen molar-refractivity contribution in [3.05, 3.63) is 35.7 Å². The normalized spacial score (nSPS) is 21.5. The molecule has 0 spiro atoms. The first-order chi connectivity index (χ1) is 10.6. The smallest absolute Gasteiger partial charge is 0.251 e. The maximum Gasteiger partial charge on any atom is 0.251 e. The van der Waals surface area contributed by atoms with Gasteiger partial charge in [-0.3, -0.25) is 9.89 Å². The molecule has 0 radical (unpaired) electrons. The highest BCUT2D eigenvalue weighted by Gasteiger charge is 2.24. The maximum atomic E-state index is 12.3. The fraction of sp³-hybridized carbons (Fsp3) is 0.438. The van der Waals surface area contributed by atoms with E-state index in [-0.39, 0.29) is 11.9 Å². The molecule has 22 heavy (non-hydrogen) atoms. The van der Waals surface area contributed by atoms with Crippen LogP contribution >= 0.6 is 0 Å². The van der Waals surface area contributed by atoms with Gasteiger partial charge in [0.25, 0.3) is 5.91 Å². The summed E-state index contributed by atoms with van der Waals surface area (Å²) in [5, 5.41) is 19.7. The fourth-order valence-corrected chi connectivity index (χ4v) is 2.77. The number of nitrogens with zero attached hydrogens (tertiary/aromatic N) is 2. The number of amides is 1. The van der Waals surface area contributed by atoms with Gasteiger partial charge in [-0.2, -0.15) is 5.10 Å². The minimum absolute atomic E-state index is 0.142. The van der Waals surface area contributed by atoms with Gasteiger partial charge < -0.3 is 10.4 Å². The Morgan fingerprint density at radius 2 is 2.00 bits per heavy atom. The SMILES string of the molecule is Cc1nc(-c2ccc(C(=O)NC3CCCCC3O)cc2)n[nH]1. The number of aryl methyl sites for hydroxylation is 1. The number of aromatic nitrogens is 3. The quantitative estimate of drug-likeness (QED) is 0.806. The summed E-state index contributed by atoms with van der Waals surface area (Å²) in [4.78, 5) is 16.5. The molecule has 1 aromatic carbocycles. The number of benzene rings is 1. The van der Waals surface area contributed by atoms with E-state index in [1.807, 2.05) is 19.1 Å². The summed E-state index contributed by atoms with van der Waals surface area (Å²) in [7, 11) is 0. The Kier molecular flexibility index (Phi) is 4.20. The minimum Gasteiger partial charge on any atom is -0.391 e. The molecule has 1 heterocycles. The lowest BCUT2D eigenvalue weighted by Gasteiger charge is -2.28. The lowest BCUT2D eigenvalue weighted by atomic mass is 9.92. The van der Waals surface area contributed by atoms with Crippen LogP contribution < -0.4 is 5.32 Å². The summed E-state index contributed by atoms with van der Waals surface area (Å²) in [6.45, 7) is 1.84. The molecule has 0 aliphatic heterocycles. The number of aromatic amines is 1. The molecule has 1 fully saturated rings. The fourth-order valence-electron chi connectivity index (χ4n) is 2.77. The van der Waals surface area contributed by atoms with Crippen molar-refractivity contribution in [3.8, 4) is 11.4 Å². The van der Waals surface area contributed by atoms with E-state index < -0.39 is 6.10 Å². The van der Waals surface area contributed by atoms with Crippen LogP contribution in [-0.2, 0) is 0 Å². The second kappa shape index (κ2) is 6.27. The highest BCUT2D eigenvalue weighted by molar-refractivity contribution is 5.94. The molecular formula is C16H20N4O2. The summed E-state index contributed by atoms with van der Waals surface area (Å²) in [5.41, 5.74) is 1.44. The van der Waals surface area contributed by atoms with Gasteiger partial charge in [0.2, 0.25) is 0 Å². The van der Waals surface area contributed by atoms with Crippen molar-refractivity contribution in [2.24, 2.45) is 0 Å². The number of hydrogen-bond donors (Lipinski definition) is 3. The van der Waals surface area contributed by atoms with E-state index in [0.29, 0.717) is 11.4 Å². The third kappa shape index (κ3) is 3.17. The highest BCUT2D eigenvalue weighted by Crippen LogP contribution is 2.19. The van der Waals surface area contributed by atoms with E-state index in [1.54, 1.807) is 12.1 Å². The average molecular weight is 300 g/mol. The number of aliphatic hydroxyl groups is 1. The van der Waals surface area contributed by atoms with Gasteiger partial charge in [-0.25, -0.2) is 4.98 Å². The van der Waals surface area contributed by atoms with Crippen LogP contribution in [0.15, 0.2) is 24.3 Å². The molecule has 3 N–H and O–H groups in total. The van der Waals surface area contributed by atoms with Gasteiger partial charge in [0, 0.05) is 11.1 Å². The van der Waals surface area contributed by atoms with Crippen molar-refractivity contribution < 1.29 is 9.90 Å². The first-order valence-electron chi connectivity index (χ1n) is 7.62. The van der Waals surface area contributed by atoms with Crippen LogP contribution in [0.2, 0.25) is 0 Å². The van der Waals surface area contributed by atoms with Crippen LogP contribution in [0.3, 0.4) is 0 Å². The Hall–Kier alpha value is -2.21. The van der Waals surface area contributed by atoms with Crippen LogP contribution in [-0.4, -0.2) is 38.3 Å². The van der Waals surface area contributed by atoms with Crippen molar-refractivity contribution >= 4 is 5.91 Å². The number of carbonyl (C=O) groups is 1. The van der Waals surface area contributed by atoms with Crippen LogP contribution in [0.25, 0.3) is 11.4 Å². The van der Waals surface area contributed by atoms with Crippen molar-refractivity contribution in [1.29, 1.82) is 0 Å². The summed E-state index contributed by atoms with van der Waals surface area (Å²) in [6.07, 6.45) is 3.23. The molecule has 6 nitrogen and oxygen atoms in total. The molecule has 1 aliphatic carbocycles. The lowest BCUT2D eigenvalue weighted by molar-refractivity contribution is 0.0717. The van der Waals surface area contributed by atoms with Gasteiger partial charge in [0.1, 0.15) is 5.82 Å². The molecule has 0 saturated heterocycles. The molecule has 6 heteroatoms. The topological polar surface area (TPSA) is 90.9 Å². The van der Waals surface area contributed by atoms with Crippen LogP contribution in [0.5, 0.6) is 0 Å². The van der Waals surface area contributed by atoms with E-state index in [2.05, 4.69) is 20.5 Å². The minimum atomic E-state index is -0.437. The standard InChI is InChI=1S/C16H20N4O2/c1-10-17-15(20-19-10)11-6-8-12(9-7-11)16(22)18-13-4-2-3-5-14(13)21/h6-9,13-14,21H,2-5H2,1H3,(H,18,22)(H,17,19,20). The summed E-state index contributed by atoms with van der Waals surface area (Å²) >= 11 is 0. The number of nitrogens with one attached hydrogen (secondary N) is 2. The molecule has 0 bridgehead atoms. The van der Waals surface area contributed by atoms with Gasteiger partial charge >= 0.3 is 0 Å². The third-order valence-corrected chi connectivity index (χ3v) is 4.05. The molecule has 2 unspecified atom stereocenters. The van der Waals surface area contributed by atoms with E-state index in [9.17, 15) is 9.90 Å². The summed E-state index contributed by atoms with van der Waals surface area (Å²) < 4.78 is 0. The molecule has 2 atom stereocenters. The van der Waals surface area contributed by atoms with Crippen LogP contribution in [0.4, 0.5) is 0 Å². The maximum absolute atomic E-state index is 12.3. The second-order valence-corrected chi connectivity index (χ2v) is 5.75. The zero-order chi connectivity index (χ0) is 15.5. The van der Waals surface area contributed by atoms with E-state index >= 15 is 0 Å². The molecule has 116 valence electrons. The Bertz CT molecular complexity index is 650. The van der Waals surface area contributed by atoms with Crippen molar-refractivity contribution in [3.63, 3.8) is 0 Å². The number of H-pyrrole nitrogens is 1. The van der Waals surface area contributed by atoms with Crippen molar-refractivity contribution in [2.45, 2.75) is 44.8 Å². The van der Waals surface area contributed by atoms with Crippen LogP contribution in [0.1, 0.15) is 41.9 Å². The molecule has 1 aliphatic rings. The molecule has 1 aromatic heterocycles. The molecule has 2 aromatic rings. The average Bonchev–Trinajstić information content (AvgIpc) is 2.96. The van der Waals surface area contributed by atoms with Crippen molar-refractivity contribution in [1.82, 2.24) is 20.5 Å². The largest absolute Gasteiger partial charge is 0.391 e. The van der Waals surface area contributed by atoms with E-state index in [1.165, 1.54) is 0 Å². The molecule has 1 saturated carbocycles. The van der Waals surface area contributed by atoms with E-state index in [0.717, 1.165) is 37.1 Å². The number of carbonyl (C=O) groups excluding carboxylic acids is 1. The number of rotatable bonds is 3. The third-order valence-electron chi connectivity index (χ3n) is 4.05. The summed E-state index contributed by atoms with van der Waals surface area (Å²) in [5.74, 6) is 1.22. The van der Waals surface area contributed by atoms with Gasteiger partial charge in [0.15, 0.2) is 5.82 Å². The lowest BCUT2D eigenvalue weighted by Crippen LogP contribution is -2.45. The van der Waals surface area contributed by atoms with Gasteiger partial charge in [-0.05, 0) is 31.9 Å². The zero-order valence-electron chi connectivity index (χ0n) is 12.5. The molecule has 3 rings (SSSR count). The zero-order valence-corrected chi connectivity index (χ0v) is 12.5. The Balaban J connectivity index is 1.68. The Morgan fingerprint density at radius 1 is 1.27 bits per heavy atom. The summed E-state index contributed by atoms with van der Waals surface area (Å²) in [6, 6.07) is 7.03. The first-order valence-corrected chi connectivity index (χ1v) is 7.62. The predicted octanol–water partition coefficient (Wildman–Crippen LogP) is 1.81. The Morgan fingerprint density at radius 3 is 2.64 bits per heavy atom. The predicted molar refractivity (Wildman–Crippen MR) is 82.3 cm³/mol. The van der Waals surface area contributed by atoms with Gasteiger partial charge in [0.05, 0.1) is 12.1 Å². The second-order valence-electron chi connectivity index (χ2n) is 5.75. The molecular weight excluding hydrogens is 280 g/mol. The Labute approximate surface area is 129 Å². The van der Waals surface area contributed by atoms with Crippen molar-refractivity contribution in [2.75, 3.05) is 0 Å². The van der Waals surface area contributed by atoms with Gasteiger partial charge in [-0.1, -0.05) is 25.0 Å². The number of aliphatic hydroxyl groups excluding tert-OH is 1. The highest BCUT2D eigenvalue weighted by atomic mass is 16.3. The number of hydrogen-bond acceptors (Lipinski definition) is 4. The molecule has 1 amide bonds. The monoisotopic (exact) mass is 300 g/mol.